The van der Waals surface area contributed by atoms with E-state index in [4.69, 9.17) is 4.74 Å². The first kappa shape index (κ1) is 20.3. The maximum atomic E-state index is 13.1. The van der Waals surface area contributed by atoms with Crippen LogP contribution < -0.4 is 5.32 Å². The number of carbonyl (C=O) groups excluding carboxylic acids is 2. The number of ether oxygens (including phenoxy) is 1. The lowest BCUT2D eigenvalue weighted by Gasteiger charge is -2.35. The Kier molecular flexibility index (Phi) is 6.45. The number of hydrogen-bond acceptors (Lipinski definition) is 3. The van der Waals surface area contributed by atoms with E-state index >= 15 is 0 Å². The molecule has 0 heterocycles. The van der Waals surface area contributed by atoms with E-state index in [1.165, 1.54) is 7.11 Å². The summed E-state index contributed by atoms with van der Waals surface area (Å²) in [5.41, 5.74) is 2.35. The molecule has 3 aromatic carbocycles. The van der Waals surface area contributed by atoms with E-state index in [0.29, 0.717) is 0 Å². The Labute approximate surface area is 171 Å². The van der Waals surface area contributed by atoms with E-state index in [-0.39, 0.29) is 12.3 Å². The Hall–Kier alpha value is -3.40. The van der Waals surface area contributed by atoms with E-state index in [2.05, 4.69) is 5.32 Å². The molecule has 0 aromatic heterocycles. The smallest absolute Gasteiger partial charge is 0.328 e. The van der Waals surface area contributed by atoms with Crippen LogP contribution in [0.15, 0.2) is 91.0 Å². The predicted octanol–water partition coefficient (Wildman–Crippen LogP) is 4.09. The molecule has 3 aromatic rings. The lowest BCUT2D eigenvalue weighted by Crippen LogP contribution is -2.43. The highest BCUT2D eigenvalue weighted by molar-refractivity contribution is 5.86. The molecule has 4 nitrogen and oxygen atoms in total. The summed E-state index contributed by atoms with van der Waals surface area (Å²) in [7, 11) is 1.31. The van der Waals surface area contributed by atoms with Crippen LogP contribution >= 0.6 is 0 Å². The number of amides is 1. The van der Waals surface area contributed by atoms with Crippen molar-refractivity contribution < 1.29 is 14.3 Å². The fourth-order valence-electron chi connectivity index (χ4n) is 3.74. The van der Waals surface area contributed by atoms with Crippen molar-refractivity contribution >= 4 is 11.9 Å². The molecule has 1 atom stereocenters. The van der Waals surface area contributed by atoms with Gasteiger partial charge in [-0.05, 0) is 23.6 Å². The van der Waals surface area contributed by atoms with Crippen molar-refractivity contribution in [3.63, 3.8) is 0 Å². The molecule has 0 aliphatic carbocycles. The van der Waals surface area contributed by atoms with Gasteiger partial charge in [-0.25, -0.2) is 4.79 Å². The van der Waals surface area contributed by atoms with Crippen LogP contribution in [0, 0.1) is 0 Å². The molecule has 4 heteroatoms. The molecule has 0 saturated carbocycles. The lowest BCUT2D eigenvalue weighted by atomic mass is 9.67. The van der Waals surface area contributed by atoms with Gasteiger partial charge in [0.15, 0.2) is 0 Å². The fourth-order valence-corrected chi connectivity index (χ4v) is 3.74. The summed E-state index contributed by atoms with van der Waals surface area (Å²) in [6.07, 6.45) is 0.159. The van der Waals surface area contributed by atoms with Crippen LogP contribution in [-0.4, -0.2) is 25.0 Å². The van der Waals surface area contributed by atoms with Crippen molar-refractivity contribution in [3.8, 4) is 0 Å². The molecular weight excluding hydrogens is 362 g/mol. The standard InChI is InChI=1S/C25H25NO3/c1-19(24(28)29-2)26-23(27)18-25(20-12-6-3-7-13-20,21-14-8-4-9-15-21)22-16-10-5-11-17-22/h3-17,19H,18H2,1-2H3,(H,26,27)/t19-/m1/s1. The van der Waals surface area contributed by atoms with Gasteiger partial charge in [-0.2, -0.15) is 0 Å². The van der Waals surface area contributed by atoms with Crippen molar-refractivity contribution in [1.29, 1.82) is 0 Å². The summed E-state index contributed by atoms with van der Waals surface area (Å²) in [6, 6.07) is 29.3. The third-order valence-electron chi connectivity index (χ3n) is 5.16. The van der Waals surface area contributed by atoms with Crippen molar-refractivity contribution in [2.24, 2.45) is 0 Å². The van der Waals surface area contributed by atoms with Crippen molar-refractivity contribution in [1.82, 2.24) is 5.32 Å². The average molecular weight is 387 g/mol. The molecule has 0 aliphatic heterocycles. The number of nitrogens with one attached hydrogen (secondary N) is 1. The normalized spacial score (nSPS) is 12.1. The van der Waals surface area contributed by atoms with Crippen LogP contribution in [0.25, 0.3) is 0 Å². The van der Waals surface area contributed by atoms with E-state index in [1.807, 2.05) is 91.0 Å². The number of esters is 1. The largest absolute Gasteiger partial charge is 0.467 e. The molecule has 3 rings (SSSR count). The molecule has 0 bridgehead atoms. The fraction of sp³-hybridized carbons (Fsp3) is 0.200. The first-order valence-electron chi connectivity index (χ1n) is 9.61. The number of carbonyl (C=O) groups is 2. The second-order valence-corrected chi connectivity index (χ2v) is 6.99. The number of methoxy groups -OCH3 is 1. The summed E-state index contributed by atoms with van der Waals surface area (Å²) in [5, 5.41) is 2.78. The molecule has 29 heavy (non-hydrogen) atoms. The van der Waals surface area contributed by atoms with Gasteiger partial charge in [0, 0.05) is 6.42 Å². The molecule has 0 fully saturated rings. The van der Waals surface area contributed by atoms with Crippen LogP contribution in [0.5, 0.6) is 0 Å². The zero-order chi connectivity index (χ0) is 20.7. The van der Waals surface area contributed by atoms with Crippen LogP contribution in [-0.2, 0) is 19.7 Å². The van der Waals surface area contributed by atoms with Gasteiger partial charge in [0.2, 0.25) is 5.91 Å². The summed E-state index contributed by atoms with van der Waals surface area (Å²) >= 11 is 0. The van der Waals surface area contributed by atoms with Gasteiger partial charge in [0.05, 0.1) is 12.5 Å². The van der Waals surface area contributed by atoms with Crippen LogP contribution in [0.3, 0.4) is 0 Å². The first-order chi connectivity index (χ1) is 14.1. The van der Waals surface area contributed by atoms with E-state index in [9.17, 15) is 9.59 Å². The minimum atomic E-state index is -0.715. The number of benzene rings is 3. The Balaban J connectivity index is 2.12. The molecule has 0 radical (unpaired) electrons. The third-order valence-corrected chi connectivity index (χ3v) is 5.16. The number of hydrogen-bond donors (Lipinski definition) is 1. The summed E-state index contributed by atoms with van der Waals surface area (Å²) < 4.78 is 4.74. The Morgan fingerprint density at radius 3 is 1.52 bits per heavy atom. The van der Waals surface area contributed by atoms with Gasteiger partial charge in [-0.15, -0.1) is 0 Å². The maximum absolute atomic E-state index is 13.1. The second-order valence-electron chi connectivity index (χ2n) is 6.99. The van der Waals surface area contributed by atoms with Crippen LogP contribution in [0.2, 0.25) is 0 Å². The third kappa shape index (κ3) is 4.37. The van der Waals surface area contributed by atoms with Gasteiger partial charge in [-0.3, -0.25) is 4.79 Å². The maximum Gasteiger partial charge on any atom is 0.328 e. The Morgan fingerprint density at radius 1 is 0.793 bits per heavy atom. The molecule has 0 spiro atoms. The zero-order valence-electron chi connectivity index (χ0n) is 16.7. The Morgan fingerprint density at radius 2 is 1.17 bits per heavy atom. The van der Waals surface area contributed by atoms with Gasteiger partial charge in [0.25, 0.3) is 0 Å². The molecule has 1 amide bonds. The van der Waals surface area contributed by atoms with Crippen molar-refractivity contribution in [2.75, 3.05) is 7.11 Å². The van der Waals surface area contributed by atoms with Gasteiger partial charge >= 0.3 is 5.97 Å². The van der Waals surface area contributed by atoms with Crippen molar-refractivity contribution in [3.05, 3.63) is 108 Å². The summed E-state index contributed by atoms with van der Waals surface area (Å²) in [6.45, 7) is 1.62. The molecule has 1 N–H and O–H groups in total. The first-order valence-corrected chi connectivity index (χ1v) is 9.61. The van der Waals surface area contributed by atoms with Crippen molar-refractivity contribution in [2.45, 2.75) is 24.8 Å². The molecular formula is C25H25NO3. The average Bonchev–Trinajstić information content (AvgIpc) is 2.78. The molecule has 0 aliphatic rings. The van der Waals surface area contributed by atoms with Gasteiger partial charge < -0.3 is 10.1 Å². The highest BCUT2D eigenvalue weighted by atomic mass is 16.5. The van der Waals surface area contributed by atoms with E-state index < -0.39 is 17.4 Å². The van der Waals surface area contributed by atoms with Crippen LogP contribution in [0.4, 0.5) is 0 Å². The minimum absolute atomic E-state index is 0.159. The summed E-state index contributed by atoms with van der Waals surface area (Å²) in [5.74, 6) is -0.692. The summed E-state index contributed by atoms with van der Waals surface area (Å²) in [4.78, 5) is 24.9. The Bertz CT molecular complexity index is 843. The monoisotopic (exact) mass is 387 g/mol. The molecule has 0 unspecified atom stereocenters. The van der Waals surface area contributed by atoms with E-state index in [1.54, 1.807) is 6.92 Å². The zero-order valence-corrected chi connectivity index (χ0v) is 16.7. The van der Waals surface area contributed by atoms with Gasteiger partial charge in [0.1, 0.15) is 6.04 Å². The van der Waals surface area contributed by atoms with Gasteiger partial charge in [-0.1, -0.05) is 91.0 Å². The molecule has 0 saturated heterocycles. The topological polar surface area (TPSA) is 55.4 Å². The highest BCUT2D eigenvalue weighted by Crippen LogP contribution is 2.42. The van der Waals surface area contributed by atoms with Crippen LogP contribution in [0.1, 0.15) is 30.0 Å². The second kappa shape index (κ2) is 9.20. The highest BCUT2D eigenvalue weighted by Gasteiger charge is 2.38. The SMILES string of the molecule is COC(=O)[C@@H](C)NC(=O)CC(c1ccccc1)(c1ccccc1)c1ccccc1. The minimum Gasteiger partial charge on any atom is -0.467 e. The molecule has 148 valence electrons. The predicted molar refractivity (Wildman–Crippen MR) is 113 cm³/mol. The lowest BCUT2D eigenvalue weighted by molar-refractivity contribution is -0.144. The number of rotatable bonds is 7. The quantitative estimate of drug-likeness (QED) is 0.491. The van der Waals surface area contributed by atoms with E-state index in [0.717, 1.165) is 16.7 Å².